The standard InChI is InChI=1S/C26H26N4O3/c1-18-7-9-20(10-8-18)26(33)30-15-3-4-21(17-30)25(32)29-23-6-2-5-22(16-23)28-24(31)19-11-13-27-14-12-19/h2,5-14,16,21H,3-4,15,17H2,1H3,(H,28,31)(H,29,32). The molecule has 33 heavy (non-hydrogen) atoms. The quantitative estimate of drug-likeness (QED) is 0.621. The number of nitrogens with zero attached hydrogens (tertiary/aromatic N) is 2. The third kappa shape index (κ3) is 5.63. The minimum Gasteiger partial charge on any atom is -0.338 e. The molecule has 0 saturated carbocycles. The molecule has 2 heterocycles. The first kappa shape index (κ1) is 22.2. The summed E-state index contributed by atoms with van der Waals surface area (Å²) >= 11 is 0. The van der Waals surface area contributed by atoms with Gasteiger partial charge in [0.15, 0.2) is 0 Å². The maximum atomic E-state index is 12.9. The summed E-state index contributed by atoms with van der Waals surface area (Å²) in [4.78, 5) is 43.8. The Labute approximate surface area is 192 Å². The zero-order chi connectivity index (χ0) is 23.2. The average molecular weight is 443 g/mol. The summed E-state index contributed by atoms with van der Waals surface area (Å²) < 4.78 is 0. The highest BCUT2D eigenvalue weighted by Crippen LogP contribution is 2.22. The molecule has 1 unspecified atom stereocenters. The van der Waals surface area contributed by atoms with Crippen LogP contribution in [0.1, 0.15) is 39.1 Å². The van der Waals surface area contributed by atoms with Crippen LogP contribution in [0.15, 0.2) is 73.1 Å². The van der Waals surface area contributed by atoms with Crippen molar-refractivity contribution in [3.05, 3.63) is 89.7 Å². The number of pyridine rings is 1. The van der Waals surface area contributed by atoms with Crippen LogP contribution in [-0.2, 0) is 4.79 Å². The Morgan fingerprint density at radius 3 is 2.33 bits per heavy atom. The number of anilines is 2. The zero-order valence-electron chi connectivity index (χ0n) is 18.5. The Bertz CT molecular complexity index is 1150. The zero-order valence-corrected chi connectivity index (χ0v) is 18.5. The number of benzene rings is 2. The number of aromatic nitrogens is 1. The lowest BCUT2D eigenvalue weighted by Gasteiger charge is -2.32. The van der Waals surface area contributed by atoms with Gasteiger partial charge in [-0.05, 0) is 62.2 Å². The number of amides is 3. The van der Waals surface area contributed by atoms with Crippen LogP contribution >= 0.6 is 0 Å². The van der Waals surface area contributed by atoms with Crippen LogP contribution in [-0.4, -0.2) is 40.7 Å². The number of rotatable bonds is 5. The van der Waals surface area contributed by atoms with E-state index in [0.29, 0.717) is 35.6 Å². The molecule has 0 aliphatic carbocycles. The molecular weight excluding hydrogens is 416 g/mol. The van der Waals surface area contributed by atoms with Crippen molar-refractivity contribution >= 4 is 29.1 Å². The SMILES string of the molecule is Cc1ccc(C(=O)N2CCCC(C(=O)Nc3cccc(NC(=O)c4ccncc4)c3)C2)cc1. The van der Waals surface area contributed by atoms with Gasteiger partial charge >= 0.3 is 0 Å². The van der Waals surface area contributed by atoms with Crippen LogP contribution in [0.5, 0.6) is 0 Å². The summed E-state index contributed by atoms with van der Waals surface area (Å²) in [5.74, 6) is -0.719. The van der Waals surface area contributed by atoms with Gasteiger partial charge in [-0.2, -0.15) is 0 Å². The van der Waals surface area contributed by atoms with E-state index >= 15 is 0 Å². The number of hydrogen-bond donors (Lipinski definition) is 2. The molecule has 0 radical (unpaired) electrons. The molecule has 2 aromatic carbocycles. The summed E-state index contributed by atoms with van der Waals surface area (Å²) in [6, 6.07) is 17.8. The topological polar surface area (TPSA) is 91.4 Å². The summed E-state index contributed by atoms with van der Waals surface area (Å²) in [6.07, 6.45) is 4.62. The number of hydrogen-bond acceptors (Lipinski definition) is 4. The van der Waals surface area contributed by atoms with E-state index in [-0.39, 0.29) is 23.6 Å². The Morgan fingerprint density at radius 1 is 0.909 bits per heavy atom. The second kappa shape index (κ2) is 10.1. The van der Waals surface area contributed by atoms with E-state index in [2.05, 4.69) is 15.6 Å². The summed E-state index contributed by atoms with van der Waals surface area (Å²) in [7, 11) is 0. The van der Waals surface area contributed by atoms with Crippen molar-refractivity contribution in [2.75, 3.05) is 23.7 Å². The van der Waals surface area contributed by atoms with E-state index in [9.17, 15) is 14.4 Å². The summed E-state index contributed by atoms with van der Waals surface area (Å²) in [5.41, 5.74) is 3.41. The predicted molar refractivity (Wildman–Crippen MR) is 127 cm³/mol. The van der Waals surface area contributed by atoms with Gasteiger partial charge in [-0.25, -0.2) is 0 Å². The number of likely N-dealkylation sites (tertiary alicyclic amines) is 1. The van der Waals surface area contributed by atoms with Gasteiger partial charge in [-0.15, -0.1) is 0 Å². The summed E-state index contributed by atoms with van der Waals surface area (Å²) in [6.45, 7) is 3.01. The van der Waals surface area contributed by atoms with E-state index in [1.165, 1.54) is 0 Å². The van der Waals surface area contributed by atoms with Crippen LogP contribution in [0.25, 0.3) is 0 Å². The first-order valence-electron chi connectivity index (χ1n) is 11.0. The molecule has 1 atom stereocenters. The highest BCUT2D eigenvalue weighted by Gasteiger charge is 2.29. The molecule has 0 spiro atoms. The molecule has 4 rings (SSSR count). The van der Waals surface area contributed by atoms with Crippen molar-refractivity contribution in [2.45, 2.75) is 19.8 Å². The lowest BCUT2D eigenvalue weighted by Crippen LogP contribution is -2.43. The van der Waals surface area contributed by atoms with E-state index < -0.39 is 0 Å². The fraction of sp³-hybridized carbons (Fsp3) is 0.231. The lowest BCUT2D eigenvalue weighted by atomic mass is 9.96. The molecule has 3 aromatic rings. The molecule has 0 bridgehead atoms. The minimum absolute atomic E-state index is 0.0479. The van der Waals surface area contributed by atoms with E-state index in [0.717, 1.165) is 18.4 Å². The van der Waals surface area contributed by atoms with E-state index in [1.807, 2.05) is 31.2 Å². The fourth-order valence-electron chi connectivity index (χ4n) is 3.88. The van der Waals surface area contributed by atoms with Gasteiger partial charge in [0.25, 0.3) is 11.8 Å². The van der Waals surface area contributed by atoms with Gasteiger partial charge in [0.2, 0.25) is 5.91 Å². The molecule has 7 nitrogen and oxygen atoms in total. The van der Waals surface area contributed by atoms with Crippen LogP contribution in [0, 0.1) is 12.8 Å². The molecule has 1 saturated heterocycles. The largest absolute Gasteiger partial charge is 0.338 e. The fourth-order valence-corrected chi connectivity index (χ4v) is 3.88. The molecule has 1 aliphatic heterocycles. The van der Waals surface area contributed by atoms with Gasteiger partial charge in [0.1, 0.15) is 0 Å². The van der Waals surface area contributed by atoms with Crippen molar-refractivity contribution in [1.82, 2.24) is 9.88 Å². The first-order chi connectivity index (χ1) is 16.0. The predicted octanol–water partition coefficient (Wildman–Crippen LogP) is 4.13. The summed E-state index contributed by atoms with van der Waals surface area (Å²) in [5, 5.41) is 5.76. The number of piperidine rings is 1. The lowest BCUT2D eigenvalue weighted by molar-refractivity contribution is -0.121. The van der Waals surface area contributed by atoms with Crippen molar-refractivity contribution < 1.29 is 14.4 Å². The molecule has 2 N–H and O–H groups in total. The van der Waals surface area contributed by atoms with Crippen molar-refractivity contribution in [3.63, 3.8) is 0 Å². The van der Waals surface area contributed by atoms with Gasteiger partial charge in [-0.3, -0.25) is 19.4 Å². The van der Waals surface area contributed by atoms with E-state index in [4.69, 9.17) is 0 Å². The number of nitrogens with one attached hydrogen (secondary N) is 2. The Kier molecular flexibility index (Phi) is 6.78. The second-order valence-electron chi connectivity index (χ2n) is 8.22. The average Bonchev–Trinajstić information content (AvgIpc) is 2.85. The molecule has 7 heteroatoms. The Morgan fingerprint density at radius 2 is 1.61 bits per heavy atom. The van der Waals surface area contributed by atoms with Crippen LogP contribution in [0.4, 0.5) is 11.4 Å². The molecule has 1 fully saturated rings. The number of carbonyl (C=O) groups excluding carboxylic acids is 3. The number of aryl methyl sites for hydroxylation is 1. The number of carbonyl (C=O) groups is 3. The third-order valence-electron chi connectivity index (χ3n) is 5.71. The smallest absolute Gasteiger partial charge is 0.255 e. The molecule has 3 amide bonds. The molecule has 168 valence electrons. The monoisotopic (exact) mass is 442 g/mol. The maximum absolute atomic E-state index is 12.9. The maximum Gasteiger partial charge on any atom is 0.255 e. The first-order valence-corrected chi connectivity index (χ1v) is 11.0. The van der Waals surface area contributed by atoms with Crippen molar-refractivity contribution in [2.24, 2.45) is 5.92 Å². The molecule has 1 aromatic heterocycles. The van der Waals surface area contributed by atoms with Crippen molar-refractivity contribution in [3.8, 4) is 0 Å². The molecule has 1 aliphatic rings. The second-order valence-corrected chi connectivity index (χ2v) is 8.22. The minimum atomic E-state index is -0.289. The van der Waals surface area contributed by atoms with Crippen molar-refractivity contribution in [1.29, 1.82) is 0 Å². The van der Waals surface area contributed by atoms with Gasteiger partial charge in [0, 0.05) is 48.0 Å². The van der Waals surface area contributed by atoms with E-state index in [1.54, 1.807) is 53.7 Å². The van der Waals surface area contributed by atoms with Gasteiger partial charge < -0.3 is 15.5 Å². The van der Waals surface area contributed by atoms with Crippen LogP contribution in [0.2, 0.25) is 0 Å². The van der Waals surface area contributed by atoms with Gasteiger partial charge in [-0.1, -0.05) is 23.8 Å². The normalized spacial score (nSPS) is 15.5. The Balaban J connectivity index is 1.37. The third-order valence-corrected chi connectivity index (χ3v) is 5.71. The highest BCUT2D eigenvalue weighted by atomic mass is 16.2. The Hall–Kier alpha value is -4.00. The van der Waals surface area contributed by atoms with Crippen LogP contribution < -0.4 is 10.6 Å². The van der Waals surface area contributed by atoms with Gasteiger partial charge in [0.05, 0.1) is 5.92 Å². The molecular formula is C26H26N4O3. The highest BCUT2D eigenvalue weighted by molar-refractivity contribution is 6.04. The van der Waals surface area contributed by atoms with Crippen LogP contribution in [0.3, 0.4) is 0 Å².